The number of aromatic nitrogens is 3. The molecule has 0 aliphatic carbocycles. The van der Waals surface area contributed by atoms with Crippen LogP contribution in [0.3, 0.4) is 0 Å². The monoisotopic (exact) mass is 384 g/mol. The van der Waals surface area contributed by atoms with Gasteiger partial charge >= 0.3 is 0 Å². The van der Waals surface area contributed by atoms with Crippen LogP contribution in [0, 0.1) is 11.8 Å². The van der Waals surface area contributed by atoms with E-state index in [2.05, 4.69) is 34.1 Å². The summed E-state index contributed by atoms with van der Waals surface area (Å²) in [6, 6.07) is 3.83. The summed E-state index contributed by atoms with van der Waals surface area (Å²) in [6.45, 7) is 6.84. The number of nitrogens with one attached hydrogen (secondary N) is 1. The van der Waals surface area contributed by atoms with Crippen LogP contribution in [0.1, 0.15) is 42.6 Å². The first-order valence-corrected chi connectivity index (χ1v) is 9.73. The topological polar surface area (TPSA) is 106 Å². The molecule has 0 aromatic carbocycles. The molecule has 2 amide bonds. The minimum absolute atomic E-state index is 0.0644. The third-order valence-electron chi connectivity index (χ3n) is 4.95. The number of hydrogen-bond donors (Lipinski definition) is 2. The van der Waals surface area contributed by atoms with E-state index in [4.69, 9.17) is 5.73 Å². The molecule has 0 atom stereocenters. The highest BCUT2D eigenvalue weighted by Crippen LogP contribution is 2.24. The molecule has 0 radical (unpaired) electrons. The summed E-state index contributed by atoms with van der Waals surface area (Å²) in [7, 11) is 0. The Kier molecular flexibility index (Phi) is 6.28. The van der Waals surface area contributed by atoms with Gasteiger partial charge in [-0.15, -0.1) is 0 Å². The molecule has 1 fully saturated rings. The van der Waals surface area contributed by atoms with E-state index in [0.29, 0.717) is 18.0 Å². The Hall–Kier alpha value is -2.90. The smallest absolute Gasteiger partial charge is 0.254 e. The van der Waals surface area contributed by atoms with Crippen molar-refractivity contribution in [2.45, 2.75) is 39.8 Å². The number of piperidine rings is 1. The molecule has 0 unspecified atom stereocenters. The first-order valence-electron chi connectivity index (χ1n) is 9.73. The number of rotatable bonds is 7. The first kappa shape index (κ1) is 19.9. The lowest BCUT2D eigenvalue weighted by molar-refractivity contribution is -0.122. The number of carbonyl (C=O) groups excluding carboxylic acids is 2. The first-order chi connectivity index (χ1) is 13.4. The van der Waals surface area contributed by atoms with Crippen LogP contribution in [0.4, 0.5) is 5.82 Å². The maximum atomic E-state index is 12.5. The second-order valence-electron chi connectivity index (χ2n) is 7.68. The largest absolute Gasteiger partial charge is 0.369 e. The van der Waals surface area contributed by atoms with Crippen molar-refractivity contribution in [3.8, 4) is 0 Å². The fraction of sp³-hybridized carbons (Fsp3) is 0.500. The Morgan fingerprint density at radius 1 is 1.32 bits per heavy atom. The van der Waals surface area contributed by atoms with Crippen LogP contribution < -0.4 is 16.0 Å². The van der Waals surface area contributed by atoms with Gasteiger partial charge in [0.25, 0.3) is 5.91 Å². The van der Waals surface area contributed by atoms with Crippen molar-refractivity contribution < 1.29 is 9.59 Å². The summed E-state index contributed by atoms with van der Waals surface area (Å²) in [5, 5.41) is 7.20. The van der Waals surface area contributed by atoms with Gasteiger partial charge in [0, 0.05) is 50.1 Å². The maximum Gasteiger partial charge on any atom is 0.254 e. The summed E-state index contributed by atoms with van der Waals surface area (Å²) >= 11 is 0. The fourth-order valence-corrected chi connectivity index (χ4v) is 3.46. The van der Waals surface area contributed by atoms with Crippen LogP contribution in [0.25, 0.3) is 0 Å². The summed E-state index contributed by atoms with van der Waals surface area (Å²) in [6.07, 6.45) is 6.57. The van der Waals surface area contributed by atoms with Gasteiger partial charge in [0.2, 0.25) is 5.91 Å². The predicted octanol–water partition coefficient (Wildman–Crippen LogP) is 1.57. The highest BCUT2D eigenvalue weighted by Gasteiger charge is 2.25. The molecule has 1 aliphatic heterocycles. The third kappa shape index (κ3) is 4.88. The Labute approximate surface area is 165 Å². The number of primary amides is 1. The molecule has 3 heterocycles. The zero-order valence-corrected chi connectivity index (χ0v) is 16.5. The molecule has 3 rings (SSSR count). The minimum atomic E-state index is -0.230. The van der Waals surface area contributed by atoms with Crippen molar-refractivity contribution in [3.63, 3.8) is 0 Å². The van der Waals surface area contributed by atoms with E-state index >= 15 is 0 Å². The van der Waals surface area contributed by atoms with E-state index in [1.165, 1.54) is 0 Å². The highest BCUT2D eigenvalue weighted by molar-refractivity contribution is 5.93. The standard InChI is InChI=1S/C20H28N6O2/c1-14(2)12-26-13-17(11-24-26)20(28)23-10-16-4-3-7-22-19(16)25-8-5-15(6-9-25)18(21)27/h3-4,7,11,13-15H,5-6,8-10,12H2,1-2H3,(H2,21,27)(H,23,28). The van der Waals surface area contributed by atoms with Crippen LogP contribution in [0.15, 0.2) is 30.7 Å². The lowest BCUT2D eigenvalue weighted by Crippen LogP contribution is -2.39. The molecular weight excluding hydrogens is 356 g/mol. The third-order valence-corrected chi connectivity index (χ3v) is 4.95. The summed E-state index contributed by atoms with van der Waals surface area (Å²) in [5.74, 6) is 0.864. The molecule has 28 heavy (non-hydrogen) atoms. The van der Waals surface area contributed by atoms with Crippen LogP contribution in [-0.4, -0.2) is 39.7 Å². The van der Waals surface area contributed by atoms with Gasteiger partial charge in [-0.25, -0.2) is 4.98 Å². The van der Waals surface area contributed by atoms with Crippen molar-refractivity contribution in [1.29, 1.82) is 0 Å². The lowest BCUT2D eigenvalue weighted by atomic mass is 9.96. The molecule has 1 aliphatic rings. The quantitative estimate of drug-likeness (QED) is 0.754. The lowest BCUT2D eigenvalue weighted by Gasteiger charge is -2.32. The molecular formula is C20H28N6O2. The van der Waals surface area contributed by atoms with Crippen molar-refractivity contribution in [3.05, 3.63) is 41.9 Å². The normalized spacial score (nSPS) is 15.0. The molecule has 150 valence electrons. The van der Waals surface area contributed by atoms with Gasteiger partial charge in [0.1, 0.15) is 5.82 Å². The van der Waals surface area contributed by atoms with Crippen LogP contribution >= 0.6 is 0 Å². The Balaban J connectivity index is 1.61. The Bertz CT molecular complexity index is 824. The Morgan fingerprint density at radius 2 is 2.07 bits per heavy atom. The van der Waals surface area contributed by atoms with Crippen LogP contribution in [0.5, 0.6) is 0 Å². The van der Waals surface area contributed by atoms with E-state index in [9.17, 15) is 9.59 Å². The van der Waals surface area contributed by atoms with E-state index in [1.807, 2.05) is 12.1 Å². The molecule has 0 spiro atoms. The highest BCUT2D eigenvalue weighted by atomic mass is 16.2. The summed E-state index contributed by atoms with van der Waals surface area (Å²) in [4.78, 5) is 30.5. The number of nitrogens with zero attached hydrogens (tertiary/aromatic N) is 4. The van der Waals surface area contributed by atoms with Gasteiger partial charge in [-0.2, -0.15) is 5.10 Å². The maximum absolute atomic E-state index is 12.5. The molecule has 2 aromatic heterocycles. The molecule has 2 aromatic rings. The number of hydrogen-bond acceptors (Lipinski definition) is 5. The summed E-state index contributed by atoms with van der Waals surface area (Å²) in [5.41, 5.74) is 6.91. The fourth-order valence-electron chi connectivity index (χ4n) is 3.46. The van der Waals surface area contributed by atoms with Crippen molar-refractivity contribution in [1.82, 2.24) is 20.1 Å². The average molecular weight is 384 g/mol. The van der Waals surface area contributed by atoms with Gasteiger partial charge in [-0.3, -0.25) is 14.3 Å². The van der Waals surface area contributed by atoms with Gasteiger partial charge in [0.15, 0.2) is 0 Å². The van der Waals surface area contributed by atoms with E-state index in [0.717, 1.165) is 43.9 Å². The molecule has 3 N–H and O–H groups in total. The van der Waals surface area contributed by atoms with Crippen molar-refractivity contribution in [2.24, 2.45) is 17.6 Å². The van der Waals surface area contributed by atoms with Gasteiger partial charge in [0.05, 0.1) is 11.8 Å². The molecule has 1 saturated heterocycles. The van der Waals surface area contributed by atoms with Gasteiger partial charge in [-0.1, -0.05) is 19.9 Å². The van der Waals surface area contributed by atoms with E-state index in [1.54, 1.807) is 23.3 Å². The molecule has 8 nitrogen and oxygen atoms in total. The molecule has 0 bridgehead atoms. The molecule has 8 heteroatoms. The average Bonchev–Trinajstić information content (AvgIpc) is 3.14. The number of amides is 2. The van der Waals surface area contributed by atoms with Gasteiger partial charge < -0.3 is 16.0 Å². The van der Waals surface area contributed by atoms with E-state index < -0.39 is 0 Å². The van der Waals surface area contributed by atoms with Gasteiger partial charge in [-0.05, 0) is 24.8 Å². The molecule has 0 saturated carbocycles. The zero-order chi connectivity index (χ0) is 20.1. The Morgan fingerprint density at radius 3 is 2.75 bits per heavy atom. The minimum Gasteiger partial charge on any atom is -0.369 e. The van der Waals surface area contributed by atoms with Crippen LogP contribution in [0.2, 0.25) is 0 Å². The van der Waals surface area contributed by atoms with Crippen LogP contribution in [-0.2, 0) is 17.9 Å². The second kappa shape index (κ2) is 8.86. The number of nitrogens with two attached hydrogens (primary N) is 1. The zero-order valence-electron chi connectivity index (χ0n) is 16.5. The summed E-state index contributed by atoms with van der Waals surface area (Å²) < 4.78 is 1.79. The number of pyridine rings is 1. The number of carbonyl (C=O) groups is 2. The SMILES string of the molecule is CC(C)Cn1cc(C(=O)NCc2cccnc2N2CCC(C(N)=O)CC2)cn1. The predicted molar refractivity (Wildman–Crippen MR) is 107 cm³/mol. The van der Waals surface area contributed by atoms with Crippen molar-refractivity contribution >= 4 is 17.6 Å². The second-order valence-corrected chi connectivity index (χ2v) is 7.68. The van der Waals surface area contributed by atoms with E-state index in [-0.39, 0.29) is 17.7 Å². The van der Waals surface area contributed by atoms with Crippen molar-refractivity contribution in [2.75, 3.05) is 18.0 Å². The number of anilines is 1.